The summed E-state index contributed by atoms with van der Waals surface area (Å²) in [7, 11) is 0. The molecule has 0 radical (unpaired) electrons. The summed E-state index contributed by atoms with van der Waals surface area (Å²) in [6.07, 6.45) is -1.46. The Balaban J connectivity index is 1.38. The first-order valence-corrected chi connectivity index (χ1v) is 14.8. The van der Waals surface area contributed by atoms with E-state index in [9.17, 15) is 18.0 Å². The van der Waals surface area contributed by atoms with Crippen LogP contribution in [0.5, 0.6) is 0 Å². The zero-order chi connectivity index (χ0) is 31.7. The van der Waals surface area contributed by atoms with Crippen molar-refractivity contribution >= 4 is 23.4 Å². The Hall–Kier alpha value is -3.90. The van der Waals surface area contributed by atoms with E-state index in [2.05, 4.69) is 25.5 Å². The summed E-state index contributed by atoms with van der Waals surface area (Å²) < 4.78 is 52.1. The number of rotatable bonds is 11. The average molecular weight is 615 g/mol. The van der Waals surface area contributed by atoms with Crippen LogP contribution in [0.3, 0.4) is 0 Å². The lowest BCUT2D eigenvalue weighted by Crippen LogP contribution is -2.46. The van der Waals surface area contributed by atoms with Crippen LogP contribution in [0.1, 0.15) is 56.0 Å². The van der Waals surface area contributed by atoms with Gasteiger partial charge in [-0.05, 0) is 88.3 Å². The fourth-order valence-electron chi connectivity index (χ4n) is 5.11. The maximum absolute atomic E-state index is 13.8. The molecular formula is C32H41F3N6O3. The second-order valence-corrected chi connectivity index (χ2v) is 11.7. The number of carbonyl (C=O) groups is 1. The number of piperidine rings is 1. The van der Waals surface area contributed by atoms with Crippen LogP contribution in [0.15, 0.2) is 54.7 Å². The molecule has 0 unspecified atom stereocenters. The molecule has 4 rings (SSSR count). The van der Waals surface area contributed by atoms with E-state index in [1.807, 2.05) is 69.3 Å². The Morgan fingerprint density at radius 1 is 1.00 bits per heavy atom. The number of benzene rings is 2. The standard InChI is InChI=1S/C32H41F3N6O3/c1-31(2,3)44-30(42)39-25-14-17-41(18-15-25)26-11-9-24(10-12-26)38-29-37-20-27(32(33,34)35)28(40-29)13-8-22-6-4-5-7-23(22)16-19-43-21-36/h4-7,9-12,20,25H,8,13-19,21,36H2,1-3H3,(H,39,42)(H,37,38,40). The summed E-state index contributed by atoms with van der Waals surface area (Å²) in [5, 5.41) is 5.99. The number of alkyl halides is 3. The lowest BCUT2D eigenvalue weighted by molar-refractivity contribution is -0.138. The van der Waals surface area contributed by atoms with Crippen molar-refractivity contribution in [1.29, 1.82) is 0 Å². The maximum Gasteiger partial charge on any atom is 0.419 e. The van der Waals surface area contributed by atoms with Crippen LogP contribution in [0.25, 0.3) is 0 Å². The number of nitrogens with one attached hydrogen (secondary N) is 2. The topological polar surface area (TPSA) is 115 Å². The zero-order valence-electron chi connectivity index (χ0n) is 25.4. The van der Waals surface area contributed by atoms with Crippen molar-refractivity contribution in [3.05, 3.63) is 77.1 Å². The van der Waals surface area contributed by atoms with E-state index in [4.69, 9.17) is 15.2 Å². The van der Waals surface area contributed by atoms with Gasteiger partial charge in [0, 0.05) is 36.7 Å². The first kappa shape index (κ1) is 33.0. The van der Waals surface area contributed by atoms with Gasteiger partial charge in [-0.2, -0.15) is 13.2 Å². The Kier molecular flexibility index (Phi) is 11.0. The van der Waals surface area contributed by atoms with E-state index in [1.54, 1.807) is 0 Å². The molecule has 44 heavy (non-hydrogen) atoms. The van der Waals surface area contributed by atoms with Crippen molar-refractivity contribution in [3.63, 3.8) is 0 Å². The van der Waals surface area contributed by atoms with Crippen molar-refractivity contribution in [1.82, 2.24) is 15.3 Å². The van der Waals surface area contributed by atoms with Crippen molar-refractivity contribution in [2.24, 2.45) is 5.73 Å². The van der Waals surface area contributed by atoms with Gasteiger partial charge in [0.2, 0.25) is 5.95 Å². The lowest BCUT2D eigenvalue weighted by Gasteiger charge is -2.34. The van der Waals surface area contributed by atoms with Gasteiger partial charge in [-0.3, -0.25) is 0 Å². The Labute approximate surface area is 256 Å². The van der Waals surface area contributed by atoms with Crippen LogP contribution in [0.4, 0.5) is 35.3 Å². The minimum absolute atomic E-state index is 0.0479. The monoisotopic (exact) mass is 614 g/mol. The minimum Gasteiger partial charge on any atom is -0.444 e. The van der Waals surface area contributed by atoms with Crippen LogP contribution in [0.2, 0.25) is 0 Å². The third-order valence-corrected chi connectivity index (χ3v) is 7.26. The number of anilines is 3. The zero-order valence-corrected chi connectivity index (χ0v) is 25.4. The molecule has 0 aliphatic carbocycles. The molecule has 1 fully saturated rings. The second-order valence-electron chi connectivity index (χ2n) is 11.7. The molecule has 2 aromatic carbocycles. The van der Waals surface area contributed by atoms with Crippen LogP contribution in [0, 0.1) is 0 Å². The van der Waals surface area contributed by atoms with E-state index in [1.165, 1.54) is 0 Å². The summed E-state index contributed by atoms with van der Waals surface area (Å²) in [6.45, 7) is 7.58. The Morgan fingerprint density at radius 2 is 1.66 bits per heavy atom. The molecule has 1 saturated heterocycles. The normalized spacial score (nSPS) is 14.4. The molecule has 12 heteroatoms. The quantitative estimate of drug-likeness (QED) is 0.178. The number of hydrogen-bond donors (Lipinski definition) is 3. The number of aryl methyl sites for hydroxylation is 2. The van der Waals surface area contributed by atoms with Crippen molar-refractivity contribution < 1.29 is 27.4 Å². The number of amides is 1. The highest BCUT2D eigenvalue weighted by molar-refractivity contribution is 5.68. The third kappa shape index (κ3) is 9.81. The summed E-state index contributed by atoms with van der Waals surface area (Å²) in [5.41, 5.74) is 7.56. The molecule has 2 heterocycles. The fourth-order valence-corrected chi connectivity index (χ4v) is 5.11. The van der Waals surface area contributed by atoms with E-state index in [0.29, 0.717) is 25.1 Å². The van der Waals surface area contributed by atoms with Gasteiger partial charge in [-0.25, -0.2) is 14.8 Å². The number of carbonyl (C=O) groups excluding carboxylic acids is 1. The Morgan fingerprint density at radius 3 is 2.27 bits per heavy atom. The lowest BCUT2D eigenvalue weighted by atomic mass is 9.98. The van der Waals surface area contributed by atoms with Gasteiger partial charge < -0.3 is 30.7 Å². The average Bonchev–Trinajstić information content (AvgIpc) is 2.96. The molecule has 0 saturated carbocycles. The highest BCUT2D eigenvalue weighted by atomic mass is 19.4. The number of hydrogen-bond acceptors (Lipinski definition) is 8. The number of ether oxygens (including phenoxy) is 2. The molecule has 0 bridgehead atoms. The summed E-state index contributed by atoms with van der Waals surface area (Å²) in [4.78, 5) is 22.6. The van der Waals surface area contributed by atoms with Gasteiger partial charge in [-0.1, -0.05) is 24.3 Å². The molecule has 1 aromatic heterocycles. The Bertz CT molecular complexity index is 1370. The molecule has 1 amide bonds. The number of nitrogens with zero attached hydrogens (tertiary/aromatic N) is 3. The second kappa shape index (κ2) is 14.7. The smallest absolute Gasteiger partial charge is 0.419 e. The predicted molar refractivity (Wildman–Crippen MR) is 164 cm³/mol. The van der Waals surface area contributed by atoms with Gasteiger partial charge >= 0.3 is 12.3 Å². The molecule has 0 spiro atoms. The molecule has 0 atom stereocenters. The van der Waals surface area contributed by atoms with Gasteiger partial charge in [0.05, 0.1) is 24.6 Å². The number of nitrogens with two attached hydrogens (primary N) is 1. The van der Waals surface area contributed by atoms with Crippen molar-refractivity contribution in [2.75, 3.05) is 36.6 Å². The van der Waals surface area contributed by atoms with Crippen LogP contribution >= 0.6 is 0 Å². The SMILES string of the molecule is CC(C)(C)OC(=O)NC1CCN(c2ccc(Nc3ncc(C(F)(F)F)c(CCc4ccccc4CCOCN)n3)cc2)CC1. The highest BCUT2D eigenvalue weighted by Gasteiger charge is 2.35. The molecule has 238 valence electrons. The summed E-state index contributed by atoms with van der Waals surface area (Å²) >= 11 is 0. The molecule has 3 aromatic rings. The molecule has 9 nitrogen and oxygen atoms in total. The van der Waals surface area contributed by atoms with E-state index in [-0.39, 0.29) is 30.8 Å². The van der Waals surface area contributed by atoms with Crippen molar-refractivity contribution in [3.8, 4) is 0 Å². The fraction of sp³-hybridized carbons (Fsp3) is 0.469. The maximum atomic E-state index is 13.8. The third-order valence-electron chi connectivity index (χ3n) is 7.26. The van der Waals surface area contributed by atoms with Gasteiger partial charge in [-0.15, -0.1) is 0 Å². The minimum atomic E-state index is -4.57. The number of halogens is 3. The van der Waals surface area contributed by atoms with E-state index >= 15 is 0 Å². The predicted octanol–water partition coefficient (Wildman–Crippen LogP) is 5.99. The van der Waals surface area contributed by atoms with Crippen LogP contribution in [-0.2, 0) is 34.9 Å². The molecule has 1 aliphatic rings. The van der Waals surface area contributed by atoms with Gasteiger partial charge in [0.15, 0.2) is 0 Å². The molecule has 4 N–H and O–H groups in total. The van der Waals surface area contributed by atoms with E-state index < -0.39 is 23.4 Å². The first-order chi connectivity index (χ1) is 20.9. The van der Waals surface area contributed by atoms with Crippen molar-refractivity contribution in [2.45, 2.75) is 70.7 Å². The van der Waals surface area contributed by atoms with Gasteiger partial charge in [0.1, 0.15) is 5.60 Å². The van der Waals surface area contributed by atoms with Crippen LogP contribution < -0.4 is 21.3 Å². The highest BCUT2D eigenvalue weighted by Crippen LogP contribution is 2.32. The molecular weight excluding hydrogens is 573 g/mol. The summed E-state index contributed by atoms with van der Waals surface area (Å²) in [5.74, 6) is 0.0967. The van der Waals surface area contributed by atoms with Crippen LogP contribution in [-0.4, -0.2) is 54.1 Å². The molecule has 1 aliphatic heterocycles. The first-order valence-electron chi connectivity index (χ1n) is 14.8. The largest absolute Gasteiger partial charge is 0.444 e. The summed E-state index contributed by atoms with van der Waals surface area (Å²) in [6, 6.07) is 15.3. The number of alkyl carbamates (subject to hydrolysis) is 1. The van der Waals surface area contributed by atoms with E-state index in [0.717, 1.165) is 48.9 Å². The number of aromatic nitrogens is 2. The van der Waals surface area contributed by atoms with Gasteiger partial charge in [0.25, 0.3) is 0 Å².